The fourth-order valence-corrected chi connectivity index (χ4v) is 1.77. The van der Waals surface area contributed by atoms with Crippen LogP contribution in [0.2, 0.25) is 0 Å². The van der Waals surface area contributed by atoms with Crippen LogP contribution in [0.1, 0.15) is 17.3 Å². The fraction of sp³-hybridized carbons (Fsp3) is 0.308. The van der Waals surface area contributed by atoms with E-state index < -0.39 is 23.7 Å². The third-order valence-electron chi connectivity index (χ3n) is 2.70. The van der Waals surface area contributed by atoms with Crippen LogP contribution in [0.4, 0.5) is 0 Å². The normalized spacial score (nSPS) is 13.5. The molecular formula is C13H13NO6. The predicted octanol–water partition coefficient (Wildman–Crippen LogP) is 0.276. The van der Waals surface area contributed by atoms with Gasteiger partial charge in [-0.1, -0.05) is 0 Å². The lowest BCUT2D eigenvalue weighted by molar-refractivity contribution is -0.143. The Bertz CT molecular complexity index is 568. The number of benzene rings is 1. The fourth-order valence-electron chi connectivity index (χ4n) is 1.77. The Morgan fingerprint density at radius 3 is 2.60 bits per heavy atom. The Balaban J connectivity index is 2.27. The number of carbonyl (C=O) groups is 3. The van der Waals surface area contributed by atoms with Crippen molar-refractivity contribution in [2.75, 3.05) is 13.9 Å². The van der Waals surface area contributed by atoms with Crippen molar-refractivity contribution in [3.8, 4) is 11.5 Å². The first kappa shape index (κ1) is 13.9. The number of carbonyl (C=O) groups excluding carboxylic acids is 3. The number of amides is 1. The van der Waals surface area contributed by atoms with E-state index in [9.17, 15) is 14.4 Å². The number of fused-ring (bicyclic) bond motifs is 1. The van der Waals surface area contributed by atoms with E-state index in [4.69, 9.17) is 9.47 Å². The second kappa shape index (κ2) is 5.60. The first-order valence-electron chi connectivity index (χ1n) is 5.81. The molecule has 1 atom stereocenters. The molecule has 0 radical (unpaired) electrons. The summed E-state index contributed by atoms with van der Waals surface area (Å²) in [7, 11) is 1.14. The lowest BCUT2D eigenvalue weighted by Crippen LogP contribution is -2.46. The van der Waals surface area contributed by atoms with E-state index in [1.807, 2.05) is 0 Å². The SMILES string of the molecule is COC(=O)C(NC(C)=O)C(=O)c1ccc2c(c1)OCO2. The van der Waals surface area contributed by atoms with Crippen LogP contribution in [-0.4, -0.2) is 37.6 Å². The van der Waals surface area contributed by atoms with Gasteiger partial charge >= 0.3 is 5.97 Å². The molecule has 1 heterocycles. The summed E-state index contributed by atoms with van der Waals surface area (Å²) < 4.78 is 14.8. The van der Waals surface area contributed by atoms with Gasteiger partial charge in [-0.15, -0.1) is 0 Å². The largest absolute Gasteiger partial charge is 0.467 e. The van der Waals surface area contributed by atoms with Crippen molar-refractivity contribution in [3.63, 3.8) is 0 Å². The predicted molar refractivity (Wildman–Crippen MR) is 66.5 cm³/mol. The minimum absolute atomic E-state index is 0.0824. The van der Waals surface area contributed by atoms with E-state index in [1.165, 1.54) is 19.1 Å². The zero-order valence-electron chi connectivity index (χ0n) is 11.0. The summed E-state index contributed by atoms with van der Waals surface area (Å²) in [4.78, 5) is 34.9. The molecule has 0 saturated carbocycles. The first-order chi connectivity index (χ1) is 9.52. The van der Waals surface area contributed by atoms with Gasteiger partial charge in [0.05, 0.1) is 7.11 Å². The van der Waals surface area contributed by atoms with E-state index in [2.05, 4.69) is 10.1 Å². The Morgan fingerprint density at radius 1 is 1.25 bits per heavy atom. The Hall–Kier alpha value is -2.57. The monoisotopic (exact) mass is 279 g/mol. The summed E-state index contributed by atoms with van der Waals surface area (Å²) in [6.45, 7) is 1.29. The van der Waals surface area contributed by atoms with Crippen molar-refractivity contribution >= 4 is 17.7 Å². The average molecular weight is 279 g/mol. The van der Waals surface area contributed by atoms with Crippen molar-refractivity contribution < 1.29 is 28.6 Å². The molecular weight excluding hydrogens is 266 g/mol. The highest BCUT2D eigenvalue weighted by atomic mass is 16.7. The minimum Gasteiger partial charge on any atom is -0.467 e. The van der Waals surface area contributed by atoms with Gasteiger partial charge in [-0.3, -0.25) is 9.59 Å². The van der Waals surface area contributed by atoms with Gasteiger partial charge in [0.25, 0.3) is 0 Å². The molecule has 0 saturated heterocycles. The maximum absolute atomic E-state index is 12.3. The standard InChI is InChI=1S/C13H13NO6/c1-7(15)14-11(13(17)18-2)12(16)8-3-4-9-10(5-8)20-6-19-9/h3-5,11H,6H2,1-2H3,(H,14,15). The molecule has 1 unspecified atom stereocenters. The summed E-state index contributed by atoms with van der Waals surface area (Å²) >= 11 is 0. The smallest absolute Gasteiger partial charge is 0.336 e. The maximum atomic E-state index is 12.3. The lowest BCUT2D eigenvalue weighted by Gasteiger charge is -2.14. The number of hydrogen-bond donors (Lipinski definition) is 1. The molecule has 2 rings (SSSR count). The third-order valence-corrected chi connectivity index (χ3v) is 2.70. The molecule has 0 bridgehead atoms. The van der Waals surface area contributed by atoms with Crippen molar-refractivity contribution in [1.82, 2.24) is 5.32 Å². The van der Waals surface area contributed by atoms with Crippen molar-refractivity contribution in [3.05, 3.63) is 23.8 Å². The van der Waals surface area contributed by atoms with Gasteiger partial charge in [0.1, 0.15) is 0 Å². The lowest BCUT2D eigenvalue weighted by atomic mass is 10.0. The zero-order chi connectivity index (χ0) is 14.7. The van der Waals surface area contributed by atoms with Crippen molar-refractivity contribution in [1.29, 1.82) is 0 Å². The Labute approximate surface area is 114 Å². The minimum atomic E-state index is -1.38. The van der Waals surface area contributed by atoms with Crippen molar-refractivity contribution in [2.45, 2.75) is 13.0 Å². The molecule has 0 aliphatic carbocycles. The van der Waals surface area contributed by atoms with E-state index in [0.717, 1.165) is 7.11 Å². The molecule has 0 spiro atoms. The molecule has 7 heteroatoms. The molecule has 1 aliphatic heterocycles. The molecule has 0 aromatic heterocycles. The van der Waals surface area contributed by atoms with Crippen molar-refractivity contribution in [2.24, 2.45) is 0 Å². The Morgan fingerprint density at radius 2 is 1.95 bits per heavy atom. The van der Waals surface area contributed by atoms with Gasteiger partial charge in [-0.2, -0.15) is 0 Å². The molecule has 1 aromatic rings. The number of ether oxygens (including phenoxy) is 3. The number of methoxy groups -OCH3 is 1. The van der Waals surface area contributed by atoms with Crippen LogP contribution in [0, 0.1) is 0 Å². The molecule has 1 aliphatic rings. The maximum Gasteiger partial charge on any atom is 0.336 e. The summed E-state index contributed by atoms with van der Waals surface area (Å²) in [5, 5.41) is 2.26. The summed E-state index contributed by atoms with van der Waals surface area (Å²) in [5.74, 6) is -0.972. The van der Waals surface area contributed by atoms with Gasteiger partial charge in [0.15, 0.2) is 23.3 Å². The Kier molecular flexibility index (Phi) is 3.88. The van der Waals surface area contributed by atoms with Crippen LogP contribution in [0.5, 0.6) is 11.5 Å². The number of hydrogen-bond acceptors (Lipinski definition) is 6. The molecule has 1 N–H and O–H groups in total. The van der Waals surface area contributed by atoms with Gasteiger partial charge in [-0.25, -0.2) is 4.79 Å². The molecule has 1 aromatic carbocycles. The van der Waals surface area contributed by atoms with Crippen LogP contribution in [0.25, 0.3) is 0 Å². The summed E-state index contributed by atoms with van der Waals surface area (Å²) in [6, 6.07) is 3.14. The van der Waals surface area contributed by atoms with Crippen LogP contribution < -0.4 is 14.8 Å². The second-order valence-corrected chi connectivity index (χ2v) is 4.09. The number of rotatable bonds is 4. The topological polar surface area (TPSA) is 90.9 Å². The highest BCUT2D eigenvalue weighted by Gasteiger charge is 2.30. The molecule has 0 fully saturated rings. The second-order valence-electron chi connectivity index (χ2n) is 4.09. The van der Waals surface area contributed by atoms with Gasteiger partial charge in [0, 0.05) is 12.5 Å². The number of Topliss-reactive ketones (excluding diaryl/α,β-unsaturated/α-hetero) is 1. The molecule has 7 nitrogen and oxygen atoms in total. The van der Waals surface area contributed by atoms with E-state index in [1.54, 1.807) is 6.07 Å². The highest BCUT2D eigenvalue weighted by molar-refractivity contribution is 6.13. The van der Waals surface area contributed by atoms with E-state index in [-0.39, 0.29) is 12.4 Å². The molecule has 1 amide bonds. The first-order valence-corrected chi connectivity index (χ1v) is 5.81. The zero-order valence-corrected chi connectivity index (χ0v) is 11.0. The number of ketones is 1. The van der Waals surface area contributed by atoms with Gasteiger partial charge in [-0.05, 0) is 18.2 Å². The van der Waals surface area contributed by atoms with Gasteiger partial charge in [0.2, 0.25) is 12.7 Å². The summed E-state index contributed by atoms with van der Waals surface area (Å²) in [6.07, 6.45) is 0. The highest BCUT2D eigenvalue weighted by Crippen LogP contribution is 2.32. The van der Waals surface area contributed by atoms with Crippen LogP contribution in [0.15, 0.2) is 18.2 Å². The third kappa shape index (κ3) is 2.71. The van der Waals surface area contributed by atoms with Crippen LogP contribution >= 0.6 is 0 Å². The molecule has 20 heavy (non-hydrogen) atoms. The quantitative estimate of drug-likeness (QED) is 0.483. The van der Waals surface area contributed by atoms with Crippen LogP contribution in [0.3, 0.4) is 0 Å². The molecule has 106 valence electrons. The van der Waals surface area contributed by atoms with Crippen LogP contribution in [-0.2, 0) is 14.3 Å². The van der Waals surface area contributed by atoms with E-state index in [0.29, 0.717) is 11.5 Å². The average Bonchev–Trinajstić information content (AvgIpc) is 2.90. The number of esters is 1. The van der Waals surface area contributed by atoms with E-state index >= 15 is 0 Å². The number of nitrogens with one attached hydrogen (secondary N) is 1. The summed E-state index contributed by atoms with van der Waals surface area (Å²) in [5.41, 5.74) is 0.221. The van der Waals surface area contributed by atoms with Gasteiger partial charge < -0.3 is 19.5 Å².